The minimum Gasteiger partial charge on any atom is -0.395 e. The van der Waals surface area contributed by atoms with Crippen molar-refractivity contribution in [3.05, 3.63) is 23.0 Å². The molecule has 0 spiro atoms. The minimum absolute atomic E-state index is 0.208. The first-order valence-electron chi connectivity index (χ1n) is 5.04. The van der Waals surface area contributed by atoms with E-state index in [4.69, 9.17) is 10.4 Å². The number of nitriles is 1. The predicted octanol–water partition coefficient (Wildman–Crippen LogP) is 1.85. The topological polar surface area (TPSA) is 69.8 Å². The fraction of sp³-hybridized carbons (Fsp3) is 0.364. The van der Waals surface area contributed by atoms with E-state index in [-0.39, 0.29) is 6.61 Å². The number of hydrogen-bond donors (Lipinski definition) is 1. The van der Waals surface area contributed by atoms with Crippen LogP contribution in [0.5, 0.6) is 0 Å². The van der Waals surface area contributed by atoms with Crippen LogP contribution in [0.2, 0.25) is 0 Å². The Labute approximate surface area is 97.2 Å². The summed E-state index contributed by atoms with van der Waals surface area (Å²) in [4.78, 5) is 10.4. The second kappa shape index (κ2) is 4.56. The molecule has 16 heavy (non-hydrogen) atoms. The van der Waals surface area contributed by atoms with Crippen LogP contribution in [0.25, 0.3) is 10.2 Å². The average Bonchev–Trinajstić information content (AvgIpc) is 2.74. The van der Waals surface area contributed by atoms with Gasteiger partial charge in [0.05, 0.1) is 18.4 Å². The van der Waals surface area contributed by atoms with Crippen LogP contribution in [0.15, 0.2) is 12.4 Å². The van der Waals surface area contributed by atoms with Gasteiger partial charge in [-0.25, -0.2) is 9.97 Å². The van der Waals surface area contributed by atoms with Gasteiger partial charge in [0.2, 0.25) is 0 Å². The largest absolute Gasteiger partial charge is 0.395 e. The van der Waals surface area contributed by atoms with E-state index < -0.39 is 5.92 Å². The summed E-state index contributed by atoms with van der Waals surface area (Å²) in [7, 11) is 0. The number of aryl methyl sites for hydroxylation is 1. The Bertz CT molecular complexity index is 544. The van der Waals surface area contributed by atoms with Gasteiger partial charge in [0, 0.05) is 10.3 Å². The van der Waals surface area contributed by atoms with E-state index in [0.29, 0.717) is 5.69 Å². The van der Waals surface area contributed by atoms with Gasteiger partial charge in [-0.2, -0.15) is 5.26 Å². The fourth-order valence-electron chi connectivity index (χ4n) is 1.56. The molecule has 82 valence electrons. The number of thiophene rings is 1. The van der Waals surface area contributed by atoms with Gasteiger partial charge in [0.1, 0.15) is 17.1 Å². The predicted molar refractivity (Wildman–Crippen MR) is 62.2 cm³/mol. The number of fused-ring (bicyclic) bond motifs is 1. The van der Waals surface area contributed by atoms with Crippen LogP contribution in [0.1, 0.15) is 23.4 Å². The third-order valence-corrected chi connectivity index (χ3v) is 3.62. The molecule has 0 amide bonds. The number of aliphatic hydroxyl groups is 1. The van der Waals surface area contributed by atoms with Crippen molar-refractivity contribution in [2.45, 2.75) is 19.3 Å². The maximum atomic E-state index is 9.12. The first-order valence-corrected chi connectivity index (χ1v) is 5.85. The monoisotopic (exact) mass is 233 g/mol. The van der Waals surface area contributed by atoms with Crippen molar-refractivity contribution >= 4 is 21.6 Å². The lowest BCUT2D eigenvalue weighted by Gasteiger charge is -2.04. The lowest BCUT2D eigenvalue weighted by atomic mass is 10.1. The van der Waals surface area contributed by atoms with Crippen LogP contribution in [0.3, 0.4) is 0 Å². The maximum absolute atomic E-state index is 9.12. The molecule has 0 saturated carbocycles. The van der Waals surface area contributed by atoms with Crippen molar-refractivity contribution in [2.75, 3.05) is 6.61 Å². The summed E-state index contributed by atoms with van der Waals surface area (Å²) in [5.41, 5.74) is 0.631. The van der Waals surface area contributed by atoms with Crippen LogP contribution >= 0.6 is 11.3 Å². The molecule has 2 aromatic rings. The van der Waals surface area contributed by atoms with E-state index >= 15 is 0 Å². The number of aliphatic hydroxyl groups excluding tert-OH is 1. The van der Waals surface area contributed by atoms with E-state index in [1.54, 1.807) is 11.3 Å². The Morgan fingerprint density at radius 2 is 2.38 bits per heavy atom. The molecule has 4 nitrogen and oxygen atoms in total. The third-order valence-electron chi connectivity index (χ3n) is 2.43. The van der Waals surface area contributed by atoms with Crippen molar-refractivity contribution in [1.82, 2.24) is 9.97 Å². The molecule has 0 aliphatic rings. The van der Waals surface area contributed by atoms with Gasteiger partial charge in [-0.05, 0) is 12.5 Å². The highest BCUT2D eigenvalue weighted by atomic mass is 32.1. The van der Waals surface area contributed by atoms with Crippen LogP contribution in [-0.2, 0) is 6.42 Å². The highest BCUT2D eigenvalue weighted by Crippen LogP contribution is 2.29. The Balaban J connectivity index is 2.61. The summed E-state index contributed by atoms with van der Waals surface area (Å²) in [6.45, 7) is 1.87. The van der Waals surface area contributed by atoms with Crippen molar-refractivity contribution in [3.63, 3.8) is 0 Å². The molecule has 0 aromatic carbocycles. The van der Waals surface area contributed by atoms with E-state index in [9.17, 15) is 0 Å². The zero-order valence-corrected chi connectivity index (χ0v) is 9.66. The molecule has 1 atom stereocenters. The standard InChI is InChI=1S/C11H11N3OS/c1-2-8-3-9-10(7(4-12)5-15)13-6-14-11(9)16-8/h3,6-7,15H,2,5H2,1H3. The first kappa shape index (κ1) is 11.0. The smallest absolute Gasteiger partial charge is 0.127 e. The molecule has 1 N–H and O–H groups in total. The van der Waals surface area contributed by atoms with Gasteiger partial charge < -0.3 is 5.11 Å². The summed E-state index contributed by atoms with van der Waals surface area (Å²) in [5, 5.41) is 19.0. The molecule has 2 rings (SSSR count). The summed E-state index contributed by atoms with van der Waals surface area (Å²) in [6.07, 6.45) is 2.39. The number of nitrogens with zero attached hydrogens (tertiary/aromatic N) is 3. The molecule has 2 heterocycles. The summed E-state index contributed by atoms with van der Waals surface area (Å²) in [5.74, 6) is -0.565. The highest BCUT2D eigenvalue weighted by Gasteiger charge is 2.16. The molecule has 2 aromatic heterocycles. The van der Waals surface area contributed by atoms with Gasteiger partial charge in [0.25, 0.3) is 0 Å². The van der Waals surface area contributed by atoms with Gasteiger partial charge in [-0.15, -0.1) is 11.3 Å². The molecule has 0 saturated heterocycles. The number of hydrogen-bond acceptors (Lipinski definition) is 5. The van der Waals surface area contributed by atoms with Crippen LogP contribution in [0.4, 0.5) is 0 Å². The summed E-state index contributed by atoms with van der Waals surface area (Å²) < 4.78 is 0. The molecule has 0 aliphatic heterocycles. The molecular formula is C11H11N3OS. The van der Waals surface area contributed by atoms with E-state index in [1.165, 1.54) is 11.2 Å². The number of rotatable bonds is 3. The molecule has 0 radical (unpaired) electrons. The Morgan fingerprint density at radius 1 is 1.56 bits per heavy atom. The van der Waals surface area contributed by atoms with Crippen molar-refractivity contribution in [3.8, 4) is 6.07 Å². The SMILES string of the molecule is CCc1cc2c(C(C#N)CO)ncnc2s1. The molecular weight excluding hydrogens is 222 g/mol. The van der Waals surface area contributed by atoms with E-state index in [0.717, 1.165) is 16.6 Å². The Morgan fingerprint density at radius 3 is 3.00 bits per heavy atom. The molecule has 0 bridgehead atoms. The van der Waals surface area contributed by atoms with Crippen molar-refractivity contribution < 1.29 is 5.11 Å². The van der Waals surface area contributed by atoms with E-state index in [1.807, 2.05) is 6.07 Å². The van der Waals surface area contributed by atoms with Crippen molar-refractivity contribution in [2.24, 2.45) is 0 Å². The van der Waals surface area contributed by atoms with Crippen molar-refractivity contribution in [1.29, 1.82) is 5.26 Å². The van der Waals surface area contributed by atoms with Crippen LogP contribution < -0.4 is 0 Å². The molecule has 0 aliphatic carbocycles. The number of aromatic nitrogens is 2. The lowest BCUT2D eigenvalue weighted by Crippen LogP contribution is -2.04. The van der Waals surface area contributed by atoms with Gasteiger partial charge in [0.15, 0.2) is 0 Å². The normalized spacial score (nSPS) is 12.6. The first-order chi connectivity index (χ1) is 7.80. The molecule has 5 heteroatoms. The molecule has 1 unspecified atom stereocenters. The fourth-order valence-corrected chi connectivity index (χ4v) is 2.51. The zero-order chi connectivity index (χ0) is 11.5. The van der Waals surface area contributed by atoms with Gasteiger partial charge >= 0.3 is 0 Å². The highest BCUT2D eigenvalue weighted by molar-refractivity contribution is 7.18. The van der Waals surface area contributed by atoms with Crippen LogP contribution in [0, 0.1) is 11.3 Å². The van der Waals surface area contributed by atoms with Crippen LogP contribution in [-0.4, -0.2) is 21.7 Å². The summed E-state index contributed by atoms with van der Waals surface area (Å²) >= 11 is 1.61. The quantitative estimate of drug-likeness (QED) is 0.878. The Kier molecular flexibility index (Phi) is 3.13. The van der Waals surface area contributed by atoms with Gasteiger partial charge in [-0.1, -0.05) is 6.92 Å². The molecule has 0 fully saturated rings. The maximum Gasteiger partial charge on any atom is 0.127 e. The lowest BCUT2D eigenvalue weighted by molar-refractivity contribution is 0.284. The third kappa shape index (κ3) is 1.77. The van der Waals surface area contributed by atoms with E-state index in [2.05, 4.69) is 23.0 Å². The zero-order valence-electron chi connectivity index (χ0n) is 8.84. The average molecular weight is 233 g/mol. The summed E-state index contributed by atoms with van der Waals surface area (Å²) in [6, 6.07) is 4.06. The van der Waals surface area contributed by atoms with Gasteiger partial charge in [-0.3, -0.25) is 0 Å². The second-order valence-electron chi connectivity index (χ2n) is 3.41. The second-order valence-corrected chi connectivity index (χ2v) is 4.52. The minimum atomic E-state index is -0.565. The Hall–Kier alpha value is -1.51.